The van der Waals surface area contributed by atoms with Crippen LogP contribution in [0.1, 0.15) is 11.3 Å². The third-order valence-corrected chi connectivity index (χ3v) is 3.82. The molecule has 0 aromatic carbocycles. The lowest BCUT2D eigenvalue weighted by Gasteiger charge is -2.04. The maximum absolute atomic E-state index is 11.4. The molecule has 0 unspecified atom stereocenters. The molecule has 0 bridgehead atoms. The zero-order valence-electron chi connectivity index (χ0n) is 8.96. The van der Waals surface area contributed by atoms with E-state index in [4.69, 9.17) is 11.6 Å². The molecule has 0 aliphatic rings. The van der Waals surface area contributed by atoms with Crippen molar-refractivity contribution in [3.05, 3.63) is 20.8 Å². The first-order chi connectivity index (χ1) is 8.11. The van der Waals surface area contributed by atoms with Crippen LogP contribution in [0.4, 0.5) is 0 Å². The van der Waals surface area contributed by atoms with E-state index >= 15 is 0 Å². The lowest BCUT2D eigenvalue weighted by Crippen LogP contribution is -2.30. The second-order valence-corrected chi connectivity index (χ2v) is 5.42. The van der Waals surface area contributed by atoms with Crippen molar-refractivity contribution in [2.24, 2.45) is 0 Å². The predicted molar refractivity (Wildman–Crippen MR) is 72.2 cm³/mol. The molecule has 0 aliphatic heterocycles. The van der Waals surface area contributed by atoms with Crippen molar-refractivity contribution in [1.82, 2.24) is 10.6 Å². The number of halogens is 2. The molecule has 1 heterocycles. The molecule has 0 saturated carbocycles. The van der Waals surface area contributed by atoms with E-state index in [2.05, 4.69) is 26.6 Å². The van der Waals surface area contributed by atoms with Gasteiger partial charge in [0.2, 0.25) is 11.8 Å². The minimum Gasteiger partial charge on any atom is -0.355 e. The lowest BCUT2D eigenvalue weighted by atomic mass is 10.3. The van der Waals surface area contributed by atoms with Gasteiger partial charge in [0.05, 0.1) is 6.54 Å². The average molecular weight is 340 g/mol. The highest BCUT2D eigenvalue weighted by molar-refractivity contribution is 9.10. The molecule has 0 radical (unpaired) electrons. The standard InChI is InChI=1S/C10H12BrClN2O2S/c11-7-3-8(17-6-7)5-14-9(15)1-2-13-10(16)4-12/h3,6H,1-2,4-5H2,(H,13,16)(H,14,15). The van der Waals surface area contributed by atoms with Crippen LogP contribution in [0.2, 0.25) is 0 Å². The van der Waals surface area contributed by atoms with E-state index in [9.17, 15) is 9.59 Å². The van der Waals surface area contributed by atoms with Crippen molar-refractivity contribution < 1.29 is 9.59 Å². The van der Waals surface area contributed by atoms with Gasteiger partial charge < -0.3 is 10.6 Å². The summed E-state index contributed by atoms with van der Waals surface area (Å²) >= 11 is 10.2. The van der Waals surface area contributed by atoms with Gasteiger partial charge in [0, 0.05) is 27.7 Å². The van der Waals surface area contributed by atoms with E-state index < -0.39 is 0 Å². The van der Waals surface area contributed by atoms with Gasteiger partial charge in [-0.05, 0) is 22.0 Å². The summed E-state index contributed by atoms with van der Waals surface area (Å²) in [6.45, 7) is 0.823. The van der Waals surface area contributed by atoms with Crippen LogP contribution in [0.15, 0.2) is 15.9 Å². The predicted octanol–water partition coefficient (Wildman–Crippen LogP) is 1.87. The summed E-state index contributed by atoms with van der Waals surface area (Å²) in [4.78, 5) is 23.3. The highest BCUT2D eigenvalue weighted by Crippen LogP contribution is 2.19. The molecule has 0 aliphatic carbocycles. The third kappa shape index (κ3) is 6.05. The second-order valence-electron chi connectivity index (χ2n) is 3.24. The maximum atomic E-state index is 11.4. The Bertz CT molecular complexity index is 397. The van der Waals surface area contributed by atoms with Gasteiger partial charge in [-0.15, -0.1) is 22.9 Å². The van der Waals surface area contributed by atoms with Gasteiger partial charge in [-0.3, -0.25) is 9.59 Å². The number of carbonyl (C=O) groups excluding carboxylic acids is 2. The summed E-state index contributed by atoms with van der Waals surface area (Å²) in [5, 5.41) is 7.26. The minimum atomic E-state index is -0.262. The van der Waals surface area contributed by atoms with Crippen molar-refractivity contribution >= 4 is 50.7 Å². The summed E-state index contributed by atoms with van der Waals surface area (Å²) in [5.74, 6) is -0.434. The molecule has 17 heavy (non-hydrogen) atoms. The van der Waals surface area contributed by atoms with E-state index in [0.717, 1.165) is 9.35 Å². The molecule has 2 amide bonds. The van der Waals surface area contributed by atoms with Crippen LogP contribution >= 0.6 is 38.9 Å². The summed E-state index contributed by atoms with van der Waals surface area (Å²) in [5.41, 5.74) is 0. The van der Waals surface area contributed by atoms with Gasteiger partial charge >= 0.3 is 0 Å². The SMILES string of the molecule is O=C(CCl)NCCC(=O)NCc1cc(Br)cs1. The molecular weight excluding hydrogens is 328 g/mol. The Morgan fingerprint density at radius 2 is 2.12 bits per heavy atom. The Kier molecular flexibility index (Phi) is 6.54. The van der Waals surface area contributed by atoms with Crippen molar-refractivity contribution in [1.29, 1.82) is 0 Å². The van der Waals surface area contributed by atoms with Crippen LogP contribution in [-0.4, -0.2) is 24.2 Å². The zero-order chi connectivity index (χ0) is 12.7. The van der Waals surface area contributed by atoms with Crippen LogP contribution in [0.25, 0.3) is 0 Å². The number of amides is 2. The summed E-state index contributed by atoms with van der Waals surface area (Å²) in [6.07, 6.45) is 0.259. The van der Waals surface area contributed by atoms with E-state index in [1.54, 1.807) is 11.3 Å². The number of alkyl halides is 1. The molecule has 0 spiro atoms. The first-order valence-electron chi connectivity index (χ1n) is 4.94. The van der Waals surface area contributed by atoms with Crippen molar-refractivity contribution in [3.63, 3.8) is 0 Å². The fourth-order valence-corrected chi connectivity index (χ4v) is 2.57. The molecule has 7 heteroatoms. The van der Waals surface area contributed by atoms with Crippen molar-refractivity contribution in [2.45, 2.75) is 13.0 Å². The molecule has 0 saturated heterocycles. The molecular formula is C10H12BrClN2O2S. The topological polar surface area (TPSA) is 58.2 Å². The molecule has 0 atom stereocenters. The maximum Gasteiger partial charge on any atom is 0.234 e. The fourth-order valence-electron chi connectivity index (χ4n) is 1.08. The van der Waals surface area contributed by atoms with Gasteiger partial charge in [0.15, 0.2) is 0 Å². The molecule has 4 nitrogen and oxygen atoms in total. The fraction of sp³-hybridized carbons (Fsp3) is 0.400. The molecule has 94 valence electrons. The number of hydrogen-bond donors (Lipinski definition) is 2. The van der Waals surface area contributed by atoms with Crippen LogP contribution in [0.3, 0.4) is 0 Å². The number of nitrogens with one attached hydrogen (secondary N) is 2. The normalized spacial score (nSPS) is 10.0. The third-order valence-electron chi connectivity index (χ3n) is 1.88. The highest BCUT2D eigenvalue weighted by Gasteiger charge is 2.04. The van der Waals surface area contributed by atoms with Crippen LogP contribution < -0.4 is 10.6 Å². The summed E-state index contributed by atoms with van der Waals surface area (Å²) in [6, 6.07) is 1.96. The Hall–Kier alpha value is -0.590. The minimum absolute atomic E-state index is 0.0785. The van der Waals surface area contributed by atoms with Crippen molar-refractivity contribution in [3.8, 4) is 0 Å². The Morgan fingerprint density at radius 1 is 1.35 bits per heavy atom. The van der Waals surface area contributed by atoms with Crippen LogP contribution in [-0.2, 0) is 16.1 Å². The molecule has 2 N–H and O–H groups in total. The Balaban J connectivity index is 2.15. The second kappa shape index (κ2) is 7.68. The number of hydrogen-bond acceptors (Lipinski definition) is 3. The zero-order valence-corrected chi connectivity index (χ0v) is 12.1. The van der Waals surface area contributed by atoms with Crippen molar-refractivity contribution in [2.75, 3.05) is 12.4 Å². The number of rotatable bonds is 6. The van der Waals surface area contributed by atoms with Gasteiger partial charge in [-0.25, -0.2) is 0 Å². The first-order valence-corrected chi connectivity index (χ1v) is 7.15. The Labute approximate surface area is 117 Å². The van der Waals surface area contributed by atoms with Gasteiger partial charge in [0.25, 0.3) is 0 Å². The smallest absolute Gasteiger partial charge is 0.234 e. The largest absolute Gasteiger partial charge is 0.355 e. The molecule has 1 aromatic heterocycles. The highest BCUT2D eigenvalue weighted by atomic mass is 79.9. The monoisotopic (exact) mass is 338 g/mol. The average Bonchev–Trinajstić information content (AvgIpc) is 2.72. The van der Waals surface area contributed by atoms with Gasteiger partial charge in [-0.1, -0.05) is 0 Å². The summed E-state index contributed by atoms with van der Waals surface area (Å²) in [7, 11) is 0. The van der Waals surface area contributed by atoms with E-state index in [1.807, 2.05) is 11.4 Å². The number of thiophene rings is 1. The number of carbonyl (C=O) groups is 2. The quantitative estimate of drug-likeness (QED) is 0.777. The van der Waals surface area contributed by atoms with E-state index in [1.165, 1.54) is 0 Å². The summed E-state index contributed by atoms with van der Waals surface area (Å²) < 4.78 is 1.01. The lowest BCUT2D eigenvalue weighted by molar-refractivity contribution is -0.121. The van der Waals surface area contributed by atoms with Crippen LogP contribution in [0.5, 0.6) is 0 Å². The van der Waals surface area contributed by atoms with E-state index in [0.29, 0.717) is 13.1 Å². The molecule has 1 aromatic rings. The molecule has 0 fully saturated rings. The first kappa shape index (κ1) is 14.5. The van der Waals surface area contributed by atoms with E-state index in [-0.39, 0.29) is 24.1 Å². The van der Waals surface area contributed by atoms with Crippen LogP contribution in [0, 0.1) is 0 Å². The Morgan fingerprint density at radius 3 is 2.71 bits per heavy atom. The van der Waals surface area contributed by atoms with Gasteiger partial charge in [0.1, 0.15) is 5.88 Å². The molecule has 1 rings (SSSR count). The van der Waals surface area contributed by atoms with Gasteiger partial charge in [-0.2, -0.15) is 0 Å².